The summed E-state index contributed by atoms with van der Waals surface area (Å²) >= 11 is 6.09. The molecule has 1 aliphatic heterocycles. The van der Waals surface area contributed by atoms with E-state index in [0.717, 1.165) is 36.2 Å². The number of nitrogens with one attached hydrogen (secondary N) is 2. The summed E-state index contributed by atoms with van der Waals surface area (Å²) in [4.78, 5) is 6.68. The predicted molar refractivity (Wildman–Crippen MR) is 111 cm³/mol. The van der Waals surface area contributed by atoms with E-state index >= 15 is 0 Å². The van der Waals surface area contributed by atoms with Crippen LogP contribution < -0.4 is 15.5 Å². The fourth-order valence-corrected chi connectivity index (χ4v) is 3.20. The minimum absolute atomic E-state index is 0.113. The van der Waals surface area contributed by atoms with Crippen LogP contribution in [-0.2, 0) is 6.54 Å². The van der Waals surface area contributed by atoms with Crippen molar-refractivity contribution < 1.29 is 0 Å². The molecular formula is C21H25ClN4. The Hall–Kier alpha value is -2.46. The van der Waals surface area contributed by atoms with Gasteiger partial charge < -0.3 is 15.5 Å². The molecule has 3 rings (SSSR count). The smallest absolute Gasteiger partial charge is 0.191 e. The van der Waals surface area contributed by atoms with Crippen molar-refractivity contribution in [1.29, 1.82) is 0 Å². The molecule has 0 amide bonds. The predicted octanol–water partition coefficient (Wildman–Crippen LogP) is 4.14. The number of benzene rings is 2. The van der Waals surface area contributed by atoms with Crippen molar-refractivity contribution in [3.63, 3.8) is 0 Å². The fourth-order valence-electron chi connectivity index (χ4n) is 3.00. The first-order chi connectivity index (χ1) is 12.7. The Bertz CT molecular complexity index is 792. The summed E-state index contributed by atoms with van der Waals surface area (Å²) in [6, 6.07) is 16.6. The zero-order valence-electron chi connectivity index (χ0n) is 15.2. The first-order valence-corrected chi connectivity index (χ1v) is 9.25. The van der Waals surface area contributed by atoms with Crippen LogP contribution in [0.15, 0.2) is 65.7 Å². The van der Waals surface area contributed by atoms with Gasteiger partial charge in [-0.1, -0.05) is 48.0 Å². The molecule has 0 fully saturated rings. The van der Waals surface area contributed by atoms with Gasteiger partial charge in [-0.2, -0.15) is 0 Å². The van der Waals surface area contributed by atoms with E-state index in [1.807, 2.05) is 18.2 Å². The maximum atomic E-state index is 6.09. The molecule has 0 saturated heterocycles. The molecule has 1 unspecified atom stereocenters. The van der Waals surface area contributed by atoms with Crippen LogP contribution in [-0.4, -0.2) is 26.1 Å². The Morgan fingerprint density at radius 1 is 1.15 bits per heavy atom. The summed E-state index contributed by atoms with van der Waals surface area (Å²) in [7, 11) is 1.78. The number of rotatable bonds is 5. The van der Waals surface area contributed by atoms with Gasteiger partial charge in [0, 0.05) is 37.4 Å². The van der Waals surface area contributed by atoms with Gasteiger partial charge in [-0.15, -0.1) is 0 Å². The van der Waals surface area contributed by atoms with Crippen molar-refractivity contribution in [3.8, 4) is 0 Å². The number of nitrogens with zero attached hydrogens (tertiary/aromatic N) is 2. The van der Waals surface area contributed by atoms with Crippen molar-refractivity contribution in [2.24, 2.45) is 4.99 Å². The first-order valence-electron chi connectivity index (χ1n) is 8.87. The summed E-state index contributed by atoms with van der Waals surface area (Å²) in [5.74, 6) is 0.769. The monoisotopic (exact) mass is 368 g/mol. The van der Waals surface area contributed by atoms with Crippen LogP contribution in [0, 0.1) is 0 Å². The van der Waals surface area contributed by atoms with E-state index in [2.05, 4.69) is 69.9 Å². The number of halogens is 1. The molecule has 0 spiro atoms. The number of hydrogen-bond acceptors (Lipinski definition) is 2. The third kappa shape index (κ3) is 4.79. The van der Waals surface area contributed by atoms with E-state index in [9.17, 15) is 0 Å². The van der Waals surface area contributed by atoms with Gasteiger partial charge >= 0.3 is 0 Å². The topological polar surface area (TPSA) is 39.7 Å². The Labute approximate surface area is 160 Å². The molecule has 136 valence electrons. The zero-order valence-corrected chi connectivity index (χ0v) is 16.0. The lowest BCUT2D eigenvalue weighted by Gasteiger charge is -2.20. The van der Waals surface area contributed by atoms with Gasteiger partial charge in [0.1, 0.15) is 0 Å². The van der Waals surface area contributed by atoms with E-state index in [-0.39, 0.29) is 6.04 Å². The molecule has 1 heterocycles. The van der Waals surface area contributed by atoms with Gasteiger partial charge in [0.05, 0.1) is 6.04 Å². The molecule has 0 aromatic heterocycles. The zero-order chi connectivity index (χ0) is 18.4. The number of anilines is 1. The Morgan fingerprint density at radius 2 is 1.92 bits per heavy atom. The Morgan fingerprint density at radius 3 is 2.65 bits per heavy atom. The standard InChI is InChI=1S/C21H25ClN4/c1-16(18-8-6-9-19(22)14-18)25-21(23-2)24-15-17-7-5-10-20(13-17)26-11-3-4-12-26/h3-10,13-14,16H,11-12,15H2,1-2H3,(H2,23,24,25). The van der Waals surface area contributed by atoms with Crippen LogP contribution in [0.3, 0.4) is 0 Å². The molecule has 2 aromatic carbocycles. The molecule has 2 aromatic rings. The van der Waals surface area contributed by atoms with Crippen molar-refractivity contribution in [3.05, 3.63) is 76.8 Å². The lowest BCUT2D eigenvalue weighted by molar-refractivity contribution is 0.685. The van der Waals surface area contributed by atoms with E-state index in [4.69, 9.17) is 11.6 Å². The third-order valence-corrected chi connectivity index (χ3v) is 4.71. The van der Waals surface area contributed by atoms with Gasteiger partial charge in [0.15, 0.2) is 5.96 Å². The number of guanidine groups is 1. The number of hydrogen-bond donors (Lipinski definition) is 2. The summed E-state index contributed by atoms with van der Waals surface area (Å²) < 4.78 is 0. The first kappa shape index (κ1) is 18.3. The van der Waals surface area contributed by atoms with Gasteiger partial charge in [0.2, 0.25) is 0 Å². The molecule has 0 aliphatic carbocycles. The van der Waals surface area contributed by atoms with Crippen LogP contribution in [0.5, 0.6) is 0 Å². The van der Waals surface area contributed by atoms with Crippen LogP contribution >= 0.6 is 11.6 Å². The van der Waals surface area contributed by atoms with E-state index in [1.165, 1.54) is 11.3 Å². The summed E-state index contributed by atoms with van der Waals surface area (Å²) in [5.41, 5.74) is 3.61. The van der Waals surface area contributed by atoms with Crippen molar-refractivity contribution in [2.75, 3.05) is 25.0 Å². The fraction of sp³-hybridized carbons (Fsp3) is 0.286. The highest BCUT2D eigenvalue weighted by Crippen LogP contribution is 2.19. The Kier molecular flexibility index (Phi) is 6.18. The highest BCUT2D eigenvalue weighted by atomic mass is 35.5. The average Bonchev–Trinajstić information content (AvgIpc) is 3.20. The minimum atomic E-state index is 0.113. The second-order valence-corrected chi connectivity index (χ2v) is 6.83. The largest absolute Gasteiger partial charge is 0.364 e. The van der Waals surface area contributed by atoms with Crippen molar-refractivity contribution in [1.82, 2.24) is 10.6 Å². The lowest BCUT2D eigenvalue weighted by Crippen LogP contribution is -2.38. The molecule has 5 heteroatoms. The quantitative estimate of drug-likeness (QED) is 0.473. The SMILES string of the molecule is CN=C(NCc1cccc(N2CC=CC2)c1)NC(C)c1cccc(Cl)c1. The molecule has 4 nitrogen and oxygen atoms in total. The summed E-state index contributed by atoms with van der Waals surface area (Å²) in [5, 5.41) is 7.54. The second-order valence-electron chi connectivity index (χ2n) is 6.39. The van der Waals surface area contributed by atoms with Gasteiger partial charge in [0.25, 0.3) is 0 Å². The van der Waals surface area contributed by atoms with E-state index < -0.39 is 0 Å². The van der Waals surface area contributed by atoms with Crippen LogP contribution in [0.1, 0.15) is 24.1 Å². The van der Waals surface area contributed by atoms with Crippen molar-refractivity contribution >= 4 is 23.2 Å². The maximum Gasteiger partial charge on any atom is 0.191 e. The normalized spacial score (nSPS) is 15.2. The van der Waals surface area contributed by atoms with Gasteiger partial charge in [-0.25, -0.2) is 0 Å². The Balaban J connectivity index is 1.58. The maximum absolute atomic E-state index is 6.09. The lowest BCUT2D eigenvalue weighted by atomic mass is 10.1. The number of aliphatic imine (C=N–C) groups is 1. The average molecular weight is 369 g/mol. The highest BCUT2D eigenvalue weighted by molar-refractivity contribution is 6.30. The molecular weight excluding hydrogens is 344 g/mol. The molecule has 0 saturated carbocycles. The molecule has 26 heavy (non-hydrogen) atoms. The summed E-state index contributed by atoms with van der Waals surface area (Å²) in [6.07, 6.45) is 4.40. The van der Waals surface area contributed by atoms with E-state index in [0.29, 0.717) is 0 Å². The molecule has 0 radical (unpaired) electrons. The van der Waals surface area contributed by atoms with Crippen LogP contribution in [0.2, 0.25) is 5.02 Å². The van der Waals surface area contributed by atoms with Crippen LogP contribution in [0.25, 0.3) is 0 Å². The van der Waals surface area contributed by atoms with Crippen molar-refractivity contribution in [2.45, 2.75) is 19.5 Å². The third-order valence-electron chi connectivity index (χ3n) is 4.48. The van der Waals surface area contributed by atoms with Gasteiger partial charge in [-0.05, 0) is 42.3 Å². The van der Waals surface area contributed by atoms with Gasteiger partial charge in [-0.3, -0.25) is 4.99 Å². The highest BCUT2D eigenvalue weighted by Gasteiger charge is 2.10. The molecule has 2 N–H and O–H groups in total. The second kappa shape index (κ2) is 8.77. The summed E-state index contributed by atoms with van der Waals surface area (Å²) in [6.45, 7) is 4.78. The molecule has 1 atom stereocenters. The van der Waals surface area contributed by atoms with E-state index in [1.54, 1.807) is 7.05 Å². The minimum Gasteiger partial charge on any atom is -0.364 e. The molecule has 0 bridgehead atoms. The van der Waals surface area contributed by atoms with Crippen LogP contribution in [0.4, 0.5) is 5.69 Å². The molecule has 1 aliphatic rings.